The van der Waals surface area contributed by atoms with Crippen LogP contribution in [0.4, 0.5) is 5.82 Å². The zero-order valence-electron chi connectivity index (χ0n) is 10.3. The molecule has 5 nitrogen and oxygen atoms in total. The van der Waals surface area contributed by atoms with E-state index in [0.29, 0.717) is 6.54 Å². The number of amides is 1. The normalized spacial score (nSPS) is 18.9. The second-order valence-electron chi connectivity index (χ2n) is 4.84. The second kappa shape index (κ2) is 4.87. The summed E-state index contributed by atoms with van der Waals surface area (Å²) >= 11 is 0. The molecule has 0 radical (unpaired) electrons. The van der Waals surface area contributed by atoms with Gasteiger partial charge in [-0.25, -0.2) is 0 Å². The molecule has 17 heavy (non-hydrogen) atoms. The summed E-state index contributed by atoms with van der Waals surface area (Å²) < 4.78 is 1.66. The van der Waals surface area contributed by atoms with Crippen molar-refractivity contribution in [1.82, 2.24) is 9.78 Å². The lowest BCUT2D eigenvalue weighted by Crippen LogP contribution is -2.44. The number of nitrogens with zero attached hydrogens (tertiary/aromatic N) is 2. The molecule has 1 fully saturated rings. The lowest BCUT2D eigenvalue weighted by Gasteiger charge is -2.34. The molecule has 0 spiro atoms. The molecule has 0 aromatic carbocycles. The zero-order valence-corrected chi connectivity index (χ0v) is 10.3. The average molecular weight is 236 g/mol. The van der Waals surface area contributed by atoms with E-state index in [-0.39, 0.29) is 11.3 Å². The van der Waals surface area contributed by atoms with E-state index in [1.165, 1.54) is 6.42 Å². The van der Waals surface area contributed by atoms with Gasteiger partial charge in [0.15, 0.2) is 0 Å². The van der Waals surface area contributed by atoms with Crippen molar-refractivity contribution in [2.24, 2.45) is 18.2 Å². The Bertz CT molecular complexity index is 393. The van der Waals surface area contributed by atoms with Gasteiger partial charge in [0.2, 0.25) is 5.91 Å². The van der Waals surface area contributed by atoms with Crippen molar-refractivity contribution < 1.29 is 4.79 Å². The lowest BCUT2D eigenvalue weighted by molar-refractivity contribution is -0.126. The molecule has 3 N–H and O–H groups in total. The van der Waals surface area contributed by atoms with Crippen LogP contribution in [0.2, 0.25) is 0 Å². The first-order valence-corrected chi connectivity index (χ1v) is 6.17. The zero-order chi connectivity index (χ0) is 12.3. The number of carbonyl (C=O) groups is 1. The largest absolute Gasteiger partial charge is 0.329 e. The summed E-state index contributed by atoms with van der Waals surface area (Å²) in [6, 6.07) is 1.80. The number of nitrogens with two attached hydrogens (primary N) is 1. The van der Waals surface area contributed by atoms with Crippen LogP contribution in [-0.2, 0) is 11.8 Å². The molecule has 1 aromatic heterocycles. The van der Waals surface area contributed by atoms with E-state index in [1.807, 2.05) is 7.05 Å². The van der Waals surface area contributed by atoms with E-state index in [0.717, 1.165) is 31.5 Å². The summed E-state index contributed by atoms with van der Waals surface area (Å²) in [6.07, 6.45) is 6.86. The number of aryl methyl sites for hydroxylation is 1. The highest BCUT2D eigenvalue weighted by atomic mass is 16.2. The molecule has 94 valence electrons. The van der Waals surface area contributed by atoms with Gasteiger partial charge in [0, 0.05) is 19.7 Å². The smallest absolute Gasteiger partial charge is 0.233 e. The van der Waals surface area contributed by atoms with Crippen LogP contribution in [-0.4, -0.2) is 22.2 Å². The molecule has 1 aliphatic rings. The Hall–Kier alpha value is -1.36. The maximum absolute atomic E-state index is 12.3. The van der Waals surface area contributed by atoms with E-state index < -0.39 is 0 Å². The quantitative estimate of drug-likeness (QED) is 0.830. The molecule has 0 bridgehead atoms. The van der Waals surface area contributed by atoms with Gasteiger partial charge in [-0.3, -0.25) is 9.48 Å². The maximum Gasteiger partial charge on any atom is 0.233 e. The van der Waals surface area contributed by atoms with Gasteiger partial charge in [-0.15, -0.1) is 0 Å². The molecular formula is C12H20N4O. The average Bonchev–Trinajstić information content (AvgIpc) is 2.76. The summed E-state index contributed by atoms with van der Waals surface area (Å²) in [5.41, 5.74) is 5.45. The Balaban J connectivity index is 2.10. The predicted octanol–water partition coefficient (Wildman–Crippen LogP) is 1.27. The SMILES string of the molecule is Cn1nccc1NC(=O)C1(CN)CCCCC1. The third-order valence-corrected chi connectivity index (χ3v) is 3.75. The van der Waals surface area contributed by atoms with Crippen LogP contribution in [0, 0.1) is 5.41 Å². The highest BCUT2D eigenvalue weighted by molar-refractivity contribution is 5.94. The monoisotopic (exact) mass is 236 g/mol. The Morgan fingerprint density at radius 1 is 1.53 bits per heavy atom. The van der Waals surface area contributed by atoms with Crippen LogP contribution >= 0.6 is 0 Å². The molecule has 0 aliphatic heterocycles. The Morgan fingerprint density at radius 2 is 2.24 bits per heavy atom. The molecule has 5 heteroatoms. The van der Waals surface area contributed by atoms with Gasteiger partial charge < -0.3 is 11.1 Å². The van der Waals surface area contributed by atoms with E-state index in [2.05, 4.69) is 10.4 Å². The first kappa shape index (κ1) is 12.1. The molecule has 0 atom stereocenters. The fourth-order valence-electron chi connectivity index (χ4n) is 2.50. The third kappa shape index (κ3) is 2.34. The van der Waals surface area contributed by atoms with Crippen molar-refractivity contribution in [3.63, 3.8) is 0 Å². The van der Waals surface area contributed by atoms with Crippen LogP contribution in [0.25, 0.3) is 0 Å². The highest BCUT2D eigenvalue weighted by Crippen LogP contribution is 2.36. The second-order valence-corrected chi connectivity index (χ2v) is 4.84. The Kier molecular flexibility index (Phi) is 3.47. The van der Waals surface area contributed by atoms with Crippen LogP contribution in [0.1, 0.15) is 32.1 Å². The Morgan fingerprint density at radius 3 is 2.76 bits per heavy atom. The Labute approximate surface area is 101 Å². The molecule has 1 heterocycles. The number of hydrogen-bond donors (Lipinski definition) is 2. The molecule has 0 unspecified atom stereocenters. The summed E-state index contributed by atoms with van der Waals surface area (Å²) in [5, 5.41) is 6.97. The van der Waals surface area contributed by atoms with Crippen LogP contribution < -0.4 is 11.1 Å². The molecular weight excluding hydrogens is 216 g/mol. The number of rotatable bonds is 3. The molecule has 2 rings (SSSR count). The summed E-state index contributed by atoms with van der Waals surface area (Å²) in [6.45, 7) is 0.427. The number of aromatic nitrogens is 2. The summed E-state index contributed by atoms with van der Waals surface area (Å²) in [7, 11) is 1.81. The van der Waals surface area contributed by atoms with Crippen molar-refractivity contribution in [2.75, 3.05) is 11.9 Å². The number of nitrogens with one attached hydrogen (secondary N) is 1. The van der Waals surface area contributed by atoms with Gasteiger partial charge in [-0.1, -0.05) is 19.3 Å². The third-order valence-electron chi connectivity index (χ3n) is 3.75. The van der Waals surface area contributed by atoms with Crippen LogP contribution in [0.15, 0.2) is 12.3 Å². The standard InChI is InChI=1S/C12H20N4O/c1-16-10(5-8-14-16)15-11(17)12(9-13)6-3-2-4-7-12/h5,8H,2-4,6-7,9,13H2,1H3,(H,15,17). The highest BCUT2D eigenvalue weighted by Gasteiger charge is 2.38. The first-order chi connectivity index (χ1) is 8.18. The van der Waals surface area contributed by atoms with Crippen molar-refractivity contribution in [3.05, 3.63) is 12.3 Å². The van der Waals surface area contributed by atoms with E-state index in [1.54, 1.807) is 16.9 Å². The molecule has 0 saturated heterocycles. The van der Waals surface area contributed by atoms with Crippen molar-refractivity contribution in [3.8, 4) is 0 Å². The number of carbonyl (C=O) groups excluding carboxylic acids is 1. The molecule has 1 saturated carbocycles. The van der Waals surface area contributed by atoms with Gasteiger partial charge in [-0.2, -0.15) is 5.10 Å². The number of anilines is 1. The van der Waals surface area contributed by atoms with E-state index in [4.69, 9.17) is 5.73 Å². The summed E-state index contributed by atoms with van der Waals surface area (Å²) in [5.74, 6) is 0.775. The van der Waals surface area contributed by atoms with Crippen molar-refractivity contribution in [2.45, 2.75) is 32.1 Å². The molecule has 1 aromatic rings. The van der Waals surface area contributed by atoms with Crippen LogP contribution in [0.5, 0.6) is 0 Å². The topological polar surface area (TPSA) is 72.9 Å². The van der Waals surface area contributed by atoms with E-state index >= 15 is 0 Å². The first-order valence-electron chi connectivity index (χ1n) is 6.17. The van der Waals surface area contributed by atoms with Crippen molar-refractivity contribution in [1.29, 1.82) is 0 Å². The van der Waals surface area contributed by atoms with Crippen molar-refractivity contribution >= 4 is 11.7 Å². The minimum absolute atomic E-state index is 0.0447. The fourth-order valence-corrected chi connectivity index (χ4v) is 2.50. The van der Waals surface area contributed by atoms with E-state index in [9.17, 15) is 4.79 Å². The van der Waals surface area contributed by atoms with Gasteiger partial charge in [-0.05, 0) is 12.8 Å². The van der Waals surface area contributed by atoms with Gasteiger partial charge in [0.05, 0.1) is 11.6 Å². The predicted molar refractivity (Wildman–Crippen MR) is 66.4 cm³/mol. The molecule has 1 aliphatic carbocycles. The summed E-state index contributed by atoms with van der Waals surface area (Å²) in [4.78, 5) is 12.3. The fraction of sp³-hybridized carbons (Fsp3) is 0.667. The molecule has 1 amide bonds. The van der Waals surface area contributed by atoms with Gasteiger partial charge in [0.25, 0.3) is 0 Å². The minimum atomic E-state index is -0.372. The number of hydrogen-bond acceptors (Lipinski definition) is 3. The minimum Gasteiger partial charge on any atom is -0.329 e. The van der Waals surface area contributed by atoms with Gasteiger partial charge in [0.1, 0.15) is 5.82 Å². The van der Waals surface area contributed by atoms with Crippen LogP contribution in [0.3, 0.4) is 0 Å². The lowest BCUT2D eigenvalue weighted by atomic mass is 9.73. The van der Waals surface area contributed by atoms with Gasteiger partial charge >= 0.3 is 0 Å². The maximum atomic E-state index is 12.3.